The minimum atomic E-state index is -0.676. The van der Waals surface area contributed by atoms with Gasteiger partial charge in [0.15, 0.2) is 0 Å². The van der Waals surface area contributed by atoms with Crippen molar-refractivity contribution in [1.29, 1.82) is 0 Å². The third-order valence-corrected chi connectivity index (χ3v) is 7.02. The van der Waals surface area contributed by atoms with Crippen molar-refractivity contribution in [2.24, 2.45) is 0 Å². The maximum atomic E-state index is 13.4. The molecule has 4 N–H and O–H groups in total. The highest BCUT2D eigenvalue weighted by atomic mass is 79.9. The van der Waals surface area contributed by atoms with E-state index in [-0.39, 0.29) is 11.1 Å². The molecule has 0 aliphatic heterocycles. The van der Waals surface area contributed by atoms with E-state index < -0.39 is 5.92 Å². The number of methoxy groups -OCH3 is 1. The molecule has 2 aromatic heterocycles. The highest BCUT2D eigenvalue weighted by molar-refractivity contribution is 9.10. The van der Waals surface area contributed by atoms with Gasteiger partial charge in [-0.05, 0) is 58.6 Å². The number of hydrogen-bond acceptors (Lipinski definition) is 3. The van der Waals surface area contributed by atoms with E-state index in [1.165, 1.54) is 0 Å². The molecule has 8 heteroatoms. The second kappa shape index (κ2) is 9.54. The maximum Gasteiger partial charge on any atom is 0.268 e. The number of aryl methyl sites for hydroxylation is 2. The van der Waals surface area contributed by atoms with E-state index in [2.05, 4.69) is 36.3 Å². The summed E-state index contributed by atoms with van der Waals surface area (Å²) in [6.07, 6.45) is 0. The van der Waals surface area contributed by atoms with Crippen molar-refractivity contribution < 1.29 is 4.74 Å². The summed E-state index contributed by atoms with van der Waals surface area (Å²) in [5.74, 6) is -0.0224. The van der Waals surface area contributed by atoms with Gasteiger partial charge in [0.25, 0.3) is 11.1 Å². The molecule has 0 aliphatic carbocycles. The zero-order valence-corrected chi connectivity index (χ0v) is 21.6. The fourth-order valence-electron chi connectivity index (χ4n) is 4.52. The van der Waals surface area contributed by atoms with Crippen LogP contribution in [0.15, 0.2) is 80.8 Å². The molecule has 2 heterocycles. The van der Waals surface area contributed by atoms with Gasteiger partial charge < -0.3 is 4.74 Å². The zero-order valence-electron chi connectivity index (χ0n) is 20.0. The topological polar surface area (TPSA) is 107 Å². The molecule has 0 radical (unpaired) electrons. The number of rotatable bonds is 6. The van der Waals surface area contributed by atoms with Gasteiger partial charge in [0.2, 0.25) is 0 Å². The summed E-state index contributed by atoms with van der Waals surface area (Å²) in [4.78, 5) is 26.7. The molecule has 0 atom stereocenters. The van der Waals surface area contributed by atoms with Crippen LogP contribution in [0, 0.1) is 13.8 Å². The van der Waals surface area contributed by atoms with Crippen molar-refractivity contribution in [2.75, 3.05) is 7.11 Å². The third-order valence-electron chi connectivity index (χ3n) is 6.40. The van der Waals surface area contributed by atoms with Crippen LogP contribution in [0.5, 0.6) is 5.75 Å². The monoisotopic (exact) mass is 544 g/mol. The Balaban J connectivity index is 1.80. The van der Waals surface area contributed by atoms with Crippen LogP contribution in [-0.2, 0) is 0 Å². The number of nitrogens with one attached hydrogen (secondary N) is 4. The molecule has 5 aromatic rings. The Morgan fingerprint density at radius 2 is 1.17 bits per heavy atom. The SMILES string of the molecule is COc1ccc(C(c2c(-c3ccc(C)cc3)[nH][nH]c2=O)c2c(-c3ccc(C)cc3)[nH][nH]c2=O)cc1Br. The molecule has 0 saturated heterocycles. The number of halogens is 1. The molecular formula is C28H25BrN4O3. The highest BCUT2D eigenvalue weighted by Gasteiger charge is 2.31. The van der Waals surface area contributed by atoms with Crippen LogP contribution >= 0.6 is 15.9 Å². The molecule has 0 saturated carbocycles. The lowest BCUT2D eigenvalue weighted by molar-refractivity contribution is 0.412. The minimum absolute atomic E-state index is 0.294. The van der Waals surface area contributed by atoms with Crippen LogP contribution < -0.4 is 15.9 Å². The van der Waals surface area contributed by atoms with Gasteiger partial charge in [-0.1, -0.05) is 65.7 Å². The molecule has 0 spiro atoms. The summed E-state index contributed by atoms with van der Waals surface area (Å²) < 4.78 is 6.14. The number of hydrogen-bond donors (Lipinski definition) is 4. The number of ether oxygens (including phenoxy) is 1. The Bertz CT molecular complexity index is 1540. The molecule has 0 unspecified atom stereocenters. The van der Waals surface area contributed by atoms with Crippen LogP contribution in [0.1, 0.15) is 33.7 Å². The van der Waals surface area contributed by atoms with Crippen LogP contribution in [0.25, 0.3) is 22.5 Å². The predicted molar refractivity (Wildman–Crippen MR) is 145 cm³/mol. The minimum Gasteiger partial charge on any atom is -0.496 e. The van der Waals surface area contributed by atoms with Gasteiger partial charge in [0, 0.05) is 5.92 Å². The Morgan fingerprint density at radius 1 is 0.694 bits per heavy atom. The molecule has 3 aromatic carbocycles. The van der Waals surface area contributed by atoms with Crippen molar-refractivity contribution in [1.82, 2.24) is 20.4 Å². The molecule has 182 valence electrons. The summed E-state index contributed by atoms with van der Waals surface area (Å²) >= 11 is 3.57. The molecule has 36 heavy (non-hydrogen) atoms. The van der Waals surface area contributed by atoms with Gasteiger partial charge in [-0.3, -0.25) is 30.0 Å². The lowest BCUT2D eigenvalue weighted by atomic mass is 9.83. The van der Waals surface area contributed by atoms with E-state index in [1.54, 1.807) is 7.11 Å². The first kappa shape index (κ1) is 23.7. The van der Waals surface area contributed by atoms with Crippen molar-refractivity contribution in [3.05, 3.63) is 120 Å². The molecule has 0 bridgehead atoms. The highest BCUT2D eigenvalue weighted by Crippen LogP contribution is 2.39. The van der Waals surface area contributed by atoms with Gasteiger partial charge in [0.1, 0.15) is 5.75 Å². The van der Waals surface area contributed by atoms with E-state index in [0.717, 1.165) is 32.3 Å². The van der Waals surface area contributed by atoms with Crippen LogP contribution in [-0.4, -0.2) is 27.5 Å². The molecule has 5 rings (SSSR count). The summed E-state index contributed by atoms with van der Waals surface area (Å²) in [6, 6.07) is 21.4. The van der Waals surface area contributed by atoms with Crippen molar-refractivity contribution in [2.45, 2.75) is 19.8 Å². The summed E-state index contributed by atoms with van der Waals surface area (Å²) in [7, 11) is 1.59. The van der Waals surface area contributed by atoms with Crippen molar-refractivity contribution in [3.63, 3.8) is 0 Å². The molecule has 7 nitrogen and oxygen atoms in total. The van der Waals surface area contributed by atoms with E-state index in [4.69, 9.17) is 4.74 Å². The van der Waals surface area contributed by atoms with E-state index >= 15 is 0 Å². The first-order valence-corrected chi connectivity index (χ1v) is 12.2. The van der Waals surface area contributed by atoms with Crippen LogP contribution in [0.4, 0.5) is 0 Å². The normalized spacial score (nSPS) is 11.2. The number of H-pyrrole nitrogens is 4. The maximum absolute atomic E-state index is 13.4. The second-order valence-electron chi connectivity index (χ2n) is 8.79. The Hall–Kier alpha value is -4.04. The van der Waals surface area contributed by atoms with Crippen molar-refractivity contribution >= 4 is 15.9 Å². The fraction of sp³-hybridized carbons (Fsp3) is 0.143. The first-order chi connectivity index (χ1) is 17.4. The predicted octanol–water partition coefficient (Wildman–Crippen LogP) is 5.62. The number of aromatic nitrogens is 4. The third kappa shape index (κ3) is 4.24. The summed E-state index contributed by atoms with van der Waals surface area (Å²) in [5.41, 5.74) is 6.25. The van der Waals surface area contributed by atoms with E-state index in [1.807, 2.05) is 80.6 Å². The lowest BCUT2D eigenvalue weighted by Crippen LogP contribution is -2.20. The van der Waals surface area contributed by atoms with Gasteiger partial charge in [-0.2, -0.15) is 0 Å². The number of benzene rings is 3. The molecule has 0 aliphatic rings. The Labute approximate surface area is 215 Å². The zero-order chi connectivity index (χ0) is 25.4. The Kier molecular flexibility index (Phi) is 6.28. The van der Waals surface area contributed by atoms with Crippen molar-refractivity contribution in [3.8, 4) is 28.3 Å². The largest absolute Gasteiger partial charge is 0.496 e. The van der Waals surface area contributed by atoms with E-state index in [0.29, 0.717) is 28.3 Å². The van der Waals surface area contributed by atoms with Crippen LogP contribution in [0.2, 0.25) is 0 Å². The summed E-state index contributed by atoms with van der Waals surface area (Å²) in [5, 5.41) is 11.6. The smallest absolute Gasteiger partial charge is 0.268 e. The van der Waals surface area contributed by atoms with Crippen LogP contribution in [0.3, 0.4) is 0 Å². The summed E-state index contributed by atoms with van der Waals surface area (Å²) in [6.45, 7) is 4.02. The lowest BCUT2D eigenvalue weighted by Gasteiger charge is -2.19. The van der Waals surface area contributed by atoms with E-state index in [9.17, 15) is 9.59 Å². The Morgan fingerprint density at radius 3 is 1.58 bits per heavy atom. The molecular weight excluding hydrogens is 520 g/mol. The molecule has 0 fully saturated rings. The quantitative estimate of drug-likeness (QED) is 0.223. The number of aromatic amines is 4. The van der Waals surface area contributed by atoms with Gasteiger partial charge in [-0.15, -0.1) is 0 Å². The second-order valence-corrected chi connectivity index (χ2v) is 9.65. The molecule has 0 amide bonds. The standard InChI is InChI=1S/C28H25BrN4O3/c1-15-4-8-17(9-5-15)25-23(27(34)32-30-25)22(19-12-13-21(36-3)20(29)14-19)24-26(31-33-28(24)35)18-10-6-16(2)7-11-18/h4-14,22H,1-3H3,(H2,30,32,34)(H2,31,33,35). The average Bonchev–Trinajstić information content (AvgIpc) is 3.44. The fourth-order valence-corrected chi connectivity index (χ4v) is 5.08. The van der Waals surface area contributed by atoms with Gasteiger partial charge in [-0.25, -0.2) is 0 Å². The van der Waals surface area contributed by atoms with Gasteiger partial charge >= 0.3 is 0 Å². The van der Waals surface area contributed by atoms with Gasteiger partial charge in [0.05, 0.1) is 34.1 Å². The first-order valence-electron chi connectivity index (χ1n) is 11.5. The average molecular weight is 545 g/mol.